The highest BCUT2D eigenvalue weighted by Gasteiger charge is 2.41. The Morgan fingerprint density at radius 2 is 2.47 bits per heavy atom. The molecular weight excluding hydrogens is 218 g/mol. The number of nitrogens with two attached hydrogens (primary N) is 1. The summed E-state index contributed by atoms with van der Waals surface area (Å²) in [6.45, 7) is 3.77. The van der Waals surface area contributed by atoms with Gasteiger partial charge < -0.3 is 10.8 Å². The van der Waals surface area contributed by atoms with Crippen LogP contribution < -0.4 is 5.73 Å². The number of carbonyl (C=O) groups is 1. The van der Waals surface area contributed by atoms with Crippen molar-refractivity contribution in [1.82, 2.24) is 9.88 Å². The van der Waals surface area contributed by atoms with Gasteiger partial charge in [-0.3, -0.25) is 14.7 Å². The molecule has 0 spiro atoms. The fourth-order valence-electron chi connectivity index (χ4n) is 2.12. The molecule has 92 valence electrons. The Labute approximate surface area is 100 Å². The average Bonchev–Trinajstić information content (AvgIpc) is 2.65. The van der Waals surface area contributed by atoms with Crippen molar-refractivity contribution in [2.75, 3.05) is 13.1 Å². The van der Waals surface area contributed by atoms with Gasteiger partial charge in [0.25, 0.3) is 0 Å². The minimum absolute atomic E-state index is 0.387. The monoisotopic (exact) mass is 235 g/mol. The van der Waals surface area contributed by atoms with Gasteiger partial charge in [-0.2, -0.15) is 0 Å². The lowest BCUT2D eigenvalue weighted by atomic mass is 10.0. The van der Waals surface area contributed by atoms with Crippen LogP contribution in [0.2, 0.25) is 0 Å². The molecule has 0 bridgehead atoms. The molecule has 1 atom stereocenters. The van der Waals surface area contributed by atoms with Crippen molar-refractivity contribution >= 4 is 5.97 Å². The van der Waals surface area contributed by atoms with Crippen LogP contribution in [0.3, 0.4) is 0 Å². The zero-order chi connectivity index (χ0) is 12.5. The first kappa shape index (κ1) is 12.0. The predicted octanol–water partition coefficient (Wildman–Crippen LogP) is 0.378. The van der Waals surface area contributed by atoms with E-state index in [1.165, 1.54) is 0 Å². The quantitative estimate of drug-likeness (QED) is 0.791. The van der Waals surface area contributed by atoms with Crippen molar-refractivity contribution in [2.24, 2.45) is 5.73 Å². The van der Waals surface area contributed by atoms with E-state index in [1.54, 1.807) is 6.20 Å². The van der Waals surface area contributed by atoms with Gasteiger partial charge in [0.15, 0.2) is 0 Å². The summed E-state index contributed by atoms with van der Waals surface area (Å²) in [5, 5.41) is 9.04. The summed E-state index contributed by atoms with van der Waals surface area (Å²) in [5.74, 6) is -0.919. The van der Waals surface area contributed by atoms with E-state index < -0.39 is 11.5 Å². The van der Waals surface area contributed by atoms with Crippen molar-refractivity contribution in [3.05, 3.63) is 29.6 Å². The predicted molar refractivity (Wildman–Crippen MR) is 63.4 cm³/mol. The first-order chi connectivity index (χ1) is 8.01. The number of aliphatic carboxylic acids is 1. The summed E-state index contributed by atoms with van der Waals surface area (Å²) in [5.41, 5.74) is 6.84. The average molecular weight is 235 g/mol. The number of carboxylic acids is 1. The van der Waals surface area contributed by atoms with Crippen LogP contribution in [0.1, 0.15) is 17.7 Å². The second kappa shape index (κ2) is 4.43. The highest BCUT2D eigenvalue weighted by molar-refractivity contribution is 5.79. The lowest BCUT2D eigenvalue weighted by molar-refractivity contribution is -0.142. The largest absolute Gasteiger partial charge is 0.480 e. The second-order valence-electron chi connectivity index (χ2n) is 4.69. The number of hydrogen-bond acceptors (Lipinski definition) is 4. The van der Waals surface area contributed by atoms with Crippen LogP contribution in [0.25, 0.3) is 0 Å². The van der Waals surface area contributed by atoms with Crippen molar-refractivity contribution in [3.63, 3.8) is 0 Å². The van der Waals surface area contributed by atoms with Crippen LogP contribution >= 0.6 is 0 Å². The third-order valence-corrected chi connectivity index (χ3v) is 3.30. The Kier molecular flexibility index (Phi) is 3.13. The third kappa shape index (κ3) is 2.45. The van der Waals surface area contributed by atoms with Crippen molar-refractivity contribution in [3.8, 4) is 0 Å². The summed E-state index contributed by atoms with van der Waals surface area (Å²) >= 11 is 0. The van der Waals surface area contributed by atoms with E-state index in [9.17, 15) is 4.79 Å². The molecule has 0 aromatic carbocycles. The Balaban J connectivity index is 2.04. The molecule has 2 rings (SSSR count). The van der Waals surface area contributed by atoms with Crippen molar-refractivity contribution in [1.29, 1.82) is 0 Å². The Morgan fingerprint density at radius 1 is 1.71 bits per heavy atom. The van der Waals surface area contributed by atoms with Crippen LogP contribution in [0.4, 0.5) is 0 Å². The molecule has 17 heavy (non-hydrogen) atoms. The highest BCUT2D eigenvalue weighted by atomic mass is 16.4. The summed E-state index contributed by atoms with van der Waals surface area (Å²) in [6.07, 6.45) is 2.25. The van der Waals surface area contributed by atoms with Crippen LogP contribution in [-0.4, -0.2) is 39.6 Å². The maximum absolute atomic E-state index is 11.0. The van der Waals surface area contributed by atoms with Crippen LogP contribution in [0.5, 0.6) is 0 Å². The molecule has 0 radical (unpaired) electrons. The zero-order valence-corrected chi connectivity index (χ0v) is 9.89. The van der Waals surface area contributed by atoms with Gasteiger partial charge >= 0.3 is 5.97 Å². The molecule has 3 N–H and O–H groups in total. The first-order valence-electron chi connectivity index (χ1n) is 5.66. The van der Waals surface area contributed by atoms with Crippen molar-refractivity contribution in [2.45, 2.75) is 25.4 Å². The summed E-state index contributed by atoms with van der Waals surface area (Å²) in [6, 6.07) is 3.90. The molecule has 1 aromatic rings. The smallest absolute Gasteiger partial charge is 0.325 e. The maximum Gasteiger partial charge on any atom is 0.325 e. The molecule has 5 nitrogen and oxygen atoms in total. The fourth-order valence-corrected chi connectivity index (χ4v) is 2.12. The molecule has 5 heteroatoms. The van der Waals surface area contributed by atoms with E-state index in [2.05, 4.69) is 4.98 Å². The van der Waals surface area contributed by atoms with E-state index in [0.717, 1.165) is 11.3 Å². The summed E-state index contributed by atoms with van der Waals surface area (Å²) in [7, 11) is 0. The molecule has 1 saturated heterocycles. The van der Waals surface area contributed by atoms with Gasteiger partial charge in [0.2, 0.25) is 0 Å². The third-order valence-electron chi connectivity index (χ3n) is 3.30. The molecule has 1 fully saturated rings. The van der Waals surface area contributed by atoms with Gasteiger partial charge in [-0.15, -0.1) is 0 Å². The number of likely N-dealkylation sites (tertiary alicyclic amines) is 1. The van der Waals surface area contributed by atoms with Gasteiger partial charge in [0.1, 0.15) is 5.54 Å². The SMILES string of the molecule is Cc1cccnc1CN1CCC(N)(C(=O)O)C1. The topological polar surface area (TPSA) is 79.5 Å². The molecule has 2 heterocycles. The van der Waals surface area contributed by atoms with Crippen LogP contribution in [0, 0.1) is 6.92 Å². The summed E-state index contributed by atoms with van der Waals surface area (Å²) in [4.78, 5) is 17.4. The van der Waals surface area contributed by atoms with E-state index >= 15 is 0 Å². The normalized spacial score (nSPS) is 25.1. The number of carboxylic acid groups (broad SMARTS) is 1. The number of pyridine rings is 1. The summed E-state index contributed by atoms with van der Waals surface area (Å²) < 4.78 is 0. The lowest BCUT2D eigenvalue weighted by Gasteiger charge is -2.20. The minimum atomic E-state index is -1.09. The number of aromatic nitrogens is 1. The minimum Gasteiger partial charge on any atom is -0.480 e. The lowest BCUT2D eigenvalue weighted by Crippen LogP contribution is -2.50. The molecule has 0 aliphatic carbocycles. The second-order valence-corrected chi connectivity index (χ2v) is 4.69. The van der Waals surface area contributed by atoms with Gasteiger partial charge in [-0.25, -0.2) is 0 Å². The van der Waals surface area contributed by atoms with E-state index in [0.29, 0.717) is 26.1 Å². The van der Waals surface area contributed by atoms with Crippen LogP contribution in [0.15, 0.2) is 18.3 Å². The van der Waals surface area contributed by atoms with Gasteiger partial charge in [0.05, 0.1) is 5.69 Å². The maximum atomic E-state index is 11.0. The number of hydrogen-bond donors (Lipinski definition) is 2. The van der Waals surface area contributed by atoms with Gasteiger partial charge in [-0.05, 0) is 25.0 Å². The van der Waals surface area contributed by atoms with Crippen molar-refractivity contribution < 1.29 is 9.90 Å². The molecule has 0 amide bonds. The molecule has 1 unspecified atom stereocenters. The fraction of sp³-hybridized carbons (Fsp3) is 0.500. The standard InChI is InChI=1S/C12H17N3O2/c1-9-3-2-5-14-10(9)7-15-6-4-12(13,8-15)11(16)17/h2-3,5H,4,6-8,13H2,1H3,(H,16,17). The van der Waals surface area contributed by atoms with E-state index in [4.69, 9.17) is 10.8 Å². The number of rotatable bonds is 3. The number of nitrogens with zero attached hydrogens (tertiary/aromatic N) is 2. The Bertz CT molecular complexity index is 436. The van der Waals surface area contributed by atoms with E-state index in [1.807, 2.05) is 24.0 Å². The zero-order valence-electron chi connectivity index (χ0n) is 9.89. The molecule has 0 saturated carbocycles. The molecular formula is C12H17N3O2. The van der Waals surface area contributed by atoms with Crippen LogP contribution in [-0.2, 0) is 11.3 Å². The Morgan fingerprint density at radius 3 is 3.06 bits per heavy atom. The highest BCUT2D eigenvalue weighted by Crippen LogP contribution is 2.21. The molecule has 1 aliphatic heterocycles. The molecule has 1 aliphatic rings. The Hall–Kier alpha value is -1.46. The van der Waals surface area contributed by atoms with Gasteiger partial charge in [-0.1, -0.05) is 6.07 Å². The number of aryl methyl sites for hydroxylation is 1. The first-order valence-corrected chi connectivity index (χ1v) is 5.66. The molecule has 1 aromatic heterocycles. The van der Waals surface area contributed by atoms with Gasteiger partial charge in [0, 0.05) is 25.8 Å². The van der Waals surface area contributed by atoms with E-state index in [-0.39, 0.29) is 0 Å².